The minimum Gasteiger partial charge on any atom is -0.350 e. The van der Waals surface area contributed by atoms with Gasteiger partial charge in [0.25, 0.3) is 5.91 Å². The van der Waals surface area contributed by atoms with E-state index in [0.29, 0.717) is 12.1 Å². The molecule has 0 saturated carbocycles. The topological polar surface area (TPSA) is 55.1 Å². The third kappa shape index (κ3) is 3.94. The molecule has 0 aromatic heterocycles. The molecule has 88 valence electrons. The van der Waals surface area contributed by atoms with Gasteiger partial charge in [0.2, 0.25) is 0 Å². The number of amides is 1. The van der Waals surface area contributed by atoms with Crippen LogP contribution in [0.25, 0.3) is 0 Å². The van der Waals surface area contributed by atoms with Crippen LogP contribution in [0.5, 0.6) is 0 Å². The maximum absolute atomic E-state index is 11.8. The Balaban J connectivity index is 2.66. The monoisotopic (exact) mass is 284 g/mol. The number of carbonyl (C=O) groups is 1. The maximum Gasteiger partial charge on any atom is 0.251 e. The first-order valence-electron chi connectivity index (χ1n) is 5.34. The molecule has 1 unspecified atom stereocenters. The fourth-order valence-corrected chi connectivity index (χ4v) is 1.95. The van der Waals surface area contributed by atoms with Crippen molar-refractivity contribution in [1.29, 1.82) is 0 Å². The summed E-state index contributed by atoms with van der Waals surface area (Å²) < 4.78 is 0.914. The molecule has 1 aromatic carbocycles. The average Bonchev–Trinajstić information content (AvgIpc) is 2.23. The van der Waals surface area contributed by atoms with Crippen LogP contribution in [-0.2, 0) is 0 Å². The largest absolute Gasteiger partial charge is 0.350 e. The van der Waals surface area contributed by atoms with Crippen molar-refractivity contribution in [2.24, 2.45) is 5.73 Å². The van der Waals surface area contributed by atoms with Gasteiger partial charge in [-0.15, -0.1) is 0 Å². The minimum atomic E-state index is -0.0756. The van der Waals surface area contributed by atoms with E-state index in [1.54, 1.807) is 6.07 Å². The van der Waals surface area contributed by atoms with Gasteiger partial charge >= 0.3 is 0 Å². The van der Waals surface area contributed by atoms with E-state index >= 15 is 0 Å². The summed E-state index contributed by atoms with van der Waals surface area (Å²) in [6.45, 7) is 4.47. The van der Waals surface area contributed by atoms with Crippen molar-refractivity contribution in [3.8, 4) is 0 Å². The molecule has 1 rings (SSSR count). The van der Waals surface area contributed by atoms with Gasteiger partial charge in [-0.2, -0.15) is 0 Å². The van der Waals surface area contributed by atoms with E-state index in [0.717, 1.165) is 16.5 Å². The number of nitrogens with two attached hydrogens (primary N) is 1. The van der Waals surface area contributed by atoms with E-state index in [1.807, 2.05) is 26.0 Å². The highest BCUT2D eigenvalue weighted by Crippen LogP contribution is 2.15. The lowest BCUT2D eigenvalue weighted by Gasteiger charge is -2.10. The van der Waals surface area contributed by atoms with Gasteiger partial charge in [-0.3, -0.25) is 4.79 Å². The first kappa shape index (κ1) is 13.2. The van der Waals surface area contributed by atoms with Crippen LogP contribution >= 0.6 is 15.9 Å². The molecule has 1 aromatic rings. The predicted molar refractivity (Wildman–Crippen MR) is 69.5 cm³/mol. The summed E-state index contributed by atoms with van der Waals surface area (Å²) in [6, 6.07) is 5.66. The van der Waals surface area contributed by atoms with Crippen molar-refractivity contribution in [2.45, 2.75) is 26.3 Å². The van der Waals surface area contributed by atoms with E-state index in [-0.39, 0.29) is 11.9 Å². The third-order valence-corrected chi connectivity index (χ3v) is 2.81. The Morgan fingerprint density at radius 3 is 2.75 bits per heavy atom. The number of carbonyl (C=O) groups excluding carboxylic acids is 1. The molecule has 0 bridgehead atoms. The van der Waals surface area contributed by atoms with E-state index in [1.165, 1.54) is 0 Å². The molecule has 0 saturated heterocycles. The zero-order chi connectivity index (χ0) is 12.1. The summed E-state index contributed by atoms with van der Waals surface area (Å²) in [4.78, 5) is 11.8. The van der Waals surface area contributed by atoms with Gasteiger partial charge in [0, 0.05) is 22.6 Å². The van der Waals surface area contributed by atoms with Gasteiger partial charge in [-0.1, -0.05) is 22.9 Å². The molecule has 1 atom stereocenters. The minimum absolute atomic E-state index is 0.0252. The van der Waals surface area contributed by atoms with Crippen molar-refractivity contribution >= 4 is 21.8 Å². The van der Waals surface area contributed by atoms with Gasteiger partial charge in [0.15, 0.2) is 0 Å². The molecule has 0 aliphatic carbocycles. The van der Waals surface area contributed by atoms with Gasteiger partial charge in [0.1, 0.15) is 0 Å². The molecule has 0 aliphatic rings. The smallest absolute Gasteiger partial charge is 0.251 e. The summed E-state index contributed by atoms with van der Waals surface area (Å²) in [5.74, 6) is -0.0756. The normalized spacial score (nSPS) is 12.2. The summed E-state index contributed by atoms with van der Waals surface area (Å²) in [6.07, 6.45) is 0.859. The lowest BCUT2D eigenvalue weighted by atomic mass is 10.1. The predicted octanol–water partition coefficient (Wildman–Crippen LogP) is 2.22. The Bertz CT molecular complexity index is 359. The molecule has 3 nitrogen and oxygen atoms in total. The second-order valence-electron chi connectivity index (χ2n) is 3.90. The van der Waals surface area contributed by atoms with E-state index < -0.39 is 0 Å². The summed E-state index contributed by atoms with van der Waals surface area (Å²) in [5.41, 5.74) is 7.45. The fraction of sp³-hybridized carbons (Fsp3) is 0.417. The van der Waals surface area contributed by atoms with Crippen LogP contribution in [0.2, 0.25) is 0 Å². The Kier molecular flexibility index (Phi) is 4.96. The van der Waals surface area contributed by atoms with Crippen molar-refractivity contribution in [3.05, 3.63) is 33.8 Å². The lowest BCUT2D eigenvalue weighted by Crippen LogP contribution is -2.36. The van der Waals surface area contributed by atoms with Crippen LogP contribution in [0.1, 0.15) is 29.3 Å². The highest BCUT2D eigenvalue weighted by molar-refractivity contribution is 9.10. The Hall–Kier alpha value is -0.870. The molecule has 0 radical (unpaired) electrons. The van der Waals surface area contributed by atoms with E-state index in [9.17, 15) is 4.79 Å². The number of nitrogens with one attached hydrogen (secondary N) is 1. The SMILES string of the molecule is CCC(N)CNC(=O)c1cc(C)cc(Br)c1. The zero-order valence-electron chi connectivity index (χ0n) is 9.59. The number of rotatable bonds is 4. The highest BCUT2D eigenvalue weighted by Gasteiger charge is 2.08. The van der Waals surface area contributed by atoms with Gasteiger partial charge in [-0.05, 0) is 37.1 Å². The van der Waals surface area contributed by atoms with E-state index in [4.69, 9.17) is 5.73 Å². The van der Waals surface area contributed by atoms with Crippen LogP contribution in [0.3, 0.4) is 0 Å². The highest BCUT2D eigenvalue weighted by atomic mass is 79.9. The molecule has 1 amide bonds. The fourth-order valence-electron chi connectivity index (χ4n) is 1.34. The Morgan fingerprint density at radius 1 is 1.50 bits per heavy atom. The summed E-state index contributed by atoms with van der Waals surface area (Å²) in [5, 5.41) is 2.82. The van der Waals surface area contributed by atoms with Gasteiger partial charge in [-0.25, -0.2) is 0 Å². The van der Waals surface area contributed by atoms with Gasteiger partial charge in [0.05, 0.1) is 0 Å². The van der Waals surface area contributed by atoms with Crippen LogP contribution in [-0.4, -0.2) is 18.5 Å². The number of aryl methyl sites for hydroxylation is 1. The molecular weight excluding hydrogens is 268 g/mol. The van der Waals surface area contributed by atoms with Crippen LogP contribution in [0.4, 0.5) is 0 Å². The molecular formula is C12H17BrN2O. The Labute approximate surface area is 105 Å². The second kappa shape index (κ2) is 6.01. The van der Waals surface area contributed by atoms with Crippen molar-refractivity contribution in [2.75, 3.05) is 6.54 Å². The summed E-state index contributed by atoms with van der Waals surface area (Å²) in [7, 11) is 0. The molecule has 4 heteroatoms. The van der Waals surface area contributed by atoms with Crippen LogP contribution < -0.4 is 11.1 Å². The molecule has 0 spiro atoms. The van der Waals surface area contributed by atoms with Crippen molar-refractivity contribution in [1.82, 2.24) is 5.32 Å². The average molecular weight is 285 g/mol. The quantitative estimate of drug-likeness (QED) is 0.891. The zero-order valence-corrected chi connectivity index (χ0v) is 11.2. The maximum atomic E-state index is 11.8. The molecule has 0 heterocycles. The molecule has 0 aliphatic heterocycles. The summed E-state index contributed by atoms with van der Waals surface area (Å²) >= 11 is 3.37. The van der Waals surface area contributed by atoms with Crippen LogP contribution in [0, 0.1) is 6.92 Å². The van der Waals surface area contributed by atoms with Crippen LogP contribution in [0.15, 0.2) is 22.7 Å². The third-order valence-electron chi connectivity index (χ3n) is 2.35. The Morgan fingerprint density at radius 2 is 2.19 bits per heavy atom. The first-order chi connectivity index (χ1) is 7.52. The number of halogens is 1. The molecule has 0 fully saturated rings. The standard InChI is InChI=1S/C12H17BrN2O/c1-3-11(14)7-15-12(16)9-4-8(2)5-10(13)6-9/h4-6,11H,3,7,14H2,1-2H3,(H,15,16). The lowest BCUT2D eigenvalue weighted by molar-refractivity contribution is 0.0951. The van der Waals surface area contributed by atoms with Crippen molar-refractivity contribution in [3.63, 3.8) is 0 Å². The second-order valence-corrected chi connectivity index (χ2v) is 4.81. The number of benzene rings is 1. The molecule has 3 N–H and O–H groups in total. The van der Waals surface area contributed by atoms with Crippen molar-refractivity contribution < 1.29 is 4.79 Å². The first-order valence-corrected chi connectivity index (χ1v) is 6.13. The number of hydrogen-bond acceptors (Lipinski definition) is 2. The van der Waals surface area contributed by atoms with Gasteiger partial charge < -0.3 is 11.1 Å². The van der Waals surface area contributed by atoms with E-state index in [2.05, 4.69) is 21.2 Å². The molecule has 16 heavy (non-hydrogen) atoms. The number of hydrogen-bond donors (Lipinski definition) is 2.